The van der Waals surface area contributed by atoms with Crippen molar-refractivity contribution in [3.8, 4) is 22.8 Å². The van der Waals surface area contributed by atoms with Crippen LogP contribution >= 0.6 is 0 Å². The molecule has 2 aliphatic heterocycles. The van der Waals surface area contributed by atoms with Crippen molar-refractivity contribution in [2.45, 2.75) is 44.8 Å². The molecule has 6 rings (SSSR count). The summed E-state index contributed by atoms with van der Waals surface area (Å²) in [6.07, 6.45) is 12.7. The van der Waals surface area contributed by atoms with Crippen molar-refractivity contribution in [1.82, 2.24) is 34.8 Å². The molecule has 1 saturated heterocycles. The van der Waals surface area contributed by atoms with E-state index < -0.39 is 0 Å². The van der Waals surface area contributed by atoms with Crippen LogP contribution in [0.2, 0.25) is 0 Å². The van der Waals surface area contributed by atoms with E-state index in [-0.39, 0.29) is 0 Å². The minimum absolute atomic E-state index is 0.323. The number of ether oxygens (including phenoxy) is 1. The van der Waals surface area contributed by atoms with Crippen molar-refractivity contribution in [2.75, 3.05) is 13.3 Å². The van der Waals surface area contributed by atoms with Crippen LogP contribution in [0, 0.1) is 0 Å². The van der Waals surface area contributed by atoms with E-state index in [1.807, 2.05) is 47.3 Å². The molecule has 4 aromatic heterocycles. The van der Waals surface area contributed by atoms with Gasteiger partial charge in [-0.2, -0.15) is 10.1 Å². The van der Waals surface area contributed by atoms with Crippen molar-refractivity contribution in [1.29, 1.82) is 0 Å². The van der Waals surface area contributed by atoms with E-state index in [0.717, 1.165) is 49.2 Å². The highest BCUT2D eigenvalue weighted by atomic mass is 16.5. The molecule has 4 aromatic rings. The largest absolute Gasteiger partial charge is 0.360 e. The molecule has 1 fully saturated rings. The summed E-state index contributed by atoms with van der Waals surface area (Å²) < 4.78 is 13.6. The van der Waals surface area contributed by atoms with Gasteiger partial charge in [0.15, 0.2) is 0 Å². The smallest absolute Gasteiger partial charge is 0.228 e. The van der Waals surface area contributed by atoms with Crippen LogP contribution in [0.4, 0.5) is 0 Å². The molecule has 6 heterocycles. The maximum absolute atomic E-state index is 6.16. The van der Waals surface area contributed by atoms with Gasteiger partial charge in [-0.1, -0.05) is 23.4 Å². The predicted octanol–water partition coefficient (Wildman–Crippen LogP) is 3.99. The molecule has 178 valence electrons. The van der Waals surface area contributed by atoms with E-state index in [9.17, 15) is 0 Å². The van der Waals surface area contributed by atoms with Gasteiger partial charge in [-0.05, 0) is 49.9 Å². The topological polar surface area (TPSA) is 95.0 Å². The molecule has 35 heavy (non-hydrogen) atoms. The second-order valence-corrected chi connectivity index (χ2v) is 8.87. The Morgan fingerprint density at radius 1 is 1.06 bits per heavy atom. The zero-order valence-corrected chi connectivity index (χ0v) is 19.5. The third-order valence-corrected chi connectivity index (χ3v) is 6.57. The Labute approximate surface area is 203 Å². The molecule has 0 amide bonds. The highest BCUT2D eigenvalue weighted by Crippen LogP contribution is 2.30. The van der Waals surface area contributed by atoms with Crippen LogP contribution in [-0.4, -0.2) is 54.1 Å². The Kier molecular flexibility index (Phi) is 6.17. The molecule has 0 saturated carbocycles. The number of nitrogens with zero attached hydrogens (tertiary/aromatic N) is 7. The van der Waals surface area contributed by atoms with Crippen LogP contribution in [0.15, 0.2) is 59.4 Å². The van der Waals surface area contributed by atoms with E-state index in [1.165, 1.54) is 5.69 Å². The summed E-state index contributed by atoms with van der Waals surface area (Å²) in [6.45, 7) is 1.96. The molecule has 0 aromatic carbocycles. The van der Waals surface area contributed by atoms with Gasteiger partial charge in [0.05, 0.1) is 30.4 Å². The molecule has 0 spiro atoms. The second kappa shape index (κ2) is 9.89. The van der Waals surface area contributed by atoms with Gasteiger partial charge in [0, 0.05) is 43.2 Å². The number of fused-ring (bicyclic) bond motifs is 1. The lowest BCUT2D eigenvalue weighted by molar-refractivity contribution is -0.0493. The zero-order valence-electron chi connectivity index (χ0n) is 19.5. The number of rotatable bonds is 8. The summed E-state index contributed by atoms with van der Waals surface area (Å²) >= 11 is 0. The van der Waals surface area contributed by atoms with E-state index in [4.69, 9.17) is 14.4 Å². The standard InChI is InChI=1S/C26H27N7O2/c1-2-10-23-25(20-8-3-5-12-27-20)22(30-33(23)14-7-1)17-34-18-32-15-11-19(32)16-24-29-26(31-35-24)21-9-4-6-13-28-21/h3-9,12-14,19H,1-2,10-11,15-18H2/t19-/m0/s1. The molecule has 0 unspecified atom stereocenters. The predicted molar refractivity (Wildman–Crippen MR) is 130 cm³/mol. The van der Waals surface area contributed by atoms with E-state index >= 15 is 0 Å². The normalized spacial score (nSPS) is 17.7. The highest BCUT2D eigenvalue weighted by Gasteiger charge is 2.30. The van der Waals surface area contributed by atoms with Gasteiger partial charge >= 0.3 is 0 Å². The van der Waals surface area contributed by atoms with Crippen LogP contribution in [0.1, 0.15) is 36.5 Å². The first-order valence-corrected chi connectivity index (χ1v) is 12.1. The Hall–Kier alpha value is -3.69. The summed E-state index contributed by atoms with van der Waals surface area (Å²) in [5, 5.41) is 8.93. The number of pyridine rings is 2. The van der Waals surface area contributed by atoms with Crippen LogP contribution in [-0.2, 0) is 24.2 Å². The summed E-state index contributed by atoms with van der Waals surface area (Å²) in [6, 6.07) is 12.0. The quantitative estimate of drug-likeness (QED) is 0.382. The molecule has 9 heteroatoms. The lowest BCUT2D eigenvalue weighted by Crippen LogP contribution is -2.49. The molecular weight excluding hydrogens is 442 g/mol. The molecular formula is C26H27N7O2. The van der Waals surface area contributed by atoms with Crippen molar-refractivity contribution in [2.24, 2.45) is 0 Å². The monoisotopic (exact) mass is 469 g/mol. The fraction of sp³-hybridized carbons (Fsp3) is 0.346. The number of hydrogen-bond donors (Lipinski definition) is 0. The third-order valence-electron chi connectivity index (χ3n) is 6.57. The summed E-state index contributed by atoms with van der Waals surface area (Å²) in [7, 11) is 0. The molecule has 2 aliphatic rings. The lowest BCUT2D eigenvalue weighted by atomic mass is 10.0. The van der Waals surface area contributed by atoms with Crippen molar-refractivity contribution in [3.05, 3.63) is 72.1 Å². The number of aromatic nitrogens is 6. The Morgan fingerprint density at radius 3 is 2.69 bits per heavy atom. The molecule has 9 nitrogen and oxygen atoms in total. The number of hydrogen-bond acceptors (Lipinski definition) is 8. The van der Waals surface area contributed by atoms with Gasteiger partial charge in [-0.15, -0.1) is 0 Å². The molecule has 0 N–H and O–H groups in total. The van der Waals surface area contributed by atoms with Crippen molar-refractivity contribution in [3.63, 3.8) is 0 Å². The molecule has 0 bridgehead atoms. The number of allylic oxidation sites excluding steroid dienone is 1. The average Bonchev–Trinajstić information content (AvgIpc) is 3.43. The first kappa shape index (κ1) is 21.8. The van der Waals surface area contributed by atoms with E-state index in [0.29, 0.717) is 43.2 Å². The van der Waals surface area contributed by atoms with Crippen LogP contribution in [0.5, 0.6) is 0 Å². The molecule has 1 atom stereocenters. The fourth-order valence-corrected chi connectivity index (χ4v) is 4.65. The lowest BCUT2D eigenvalue weighted by Gasteiger charge is -2.39. The number of likely N-dealkylation sites (tertiary alicyclic amines) is 1. The highest BCUT2D eigenvalue weighted by molar-refractivity contribution is 5.66. The Bertz CT molecular complexity index is 1300. The van der Waals surface area contributed by atoms with Crippen LogP contribution < -0.4 is 0 Å². The van der Waals surface area contributed by atoms with Gasteiger partial charge in [0.2, 0.25) is 11.7 Å². The van der Waals surface area contributed by atoms with Crippen LogP contribution in [0.3, 0.4) is 0 Å². The summed E-state index contributed by atoms with van der Waals surface area (Å²) in [4.78, 5) is 15.7. The maximum atomic E-state index is 6.16. The maximum Gasteiger partial charge on any atom is 0.228 e. The minimum atomic E-state index is 0.323. The molecule has 0 aliphatic carbocycles. The first-order valence-electron chi connectivity index (χ1n) is 12.1. The van der Waals surface area contributed by atoms with Gasteiger partial charge in [0.25, 0.3) is 0 Å². The zero-order chi connectivity index (χ0) is 23.5. The second-order valence-electron chi connectivity index (χ2n) is 8.87. The van der Waals surface area contributed by atoms with Gasteiger partial charge in [0.1, 0.15) is 5.69 Å². The van der Waals surface area contributed by atoms with E-state index in [2.05, 4.69) is 37.3 Å². The summed E-state index contributed by atoms with van der Waals surface area (Å²) in [5.41, 5.74) is 4.90. The van der Waals surface area contributed by atoms with Crippen molar-refractivity contribution < 1.29 is 9.26 Å². The van der Waals surface area contributed by atoms with Gasteiger partial charge < -0.3 is 9.26 Å². The van der Waals surface area contributed by atoms with Crippen LogP contribution in [0.25, 0.3) is 29.0 Å². The first-order chi connectivity index (χ1) is 17.3. The average molecular weight is 470 g/mol. The SMILES string of the molecule is C1=Cn2nc(COCN3CC[C@H]3Cc3nc(-c4ccccn4)no3)c(-c3ccccn3)c2CCC1. The van der Waals surface area contributed by atoms with Gasteiger partial charge in [-0.25, -0.2) is 4.68 Å². The summed E-state index contributed by atoms with van der Waals surface area (Å²) in [5.74, 6) is 1.15. The van der Waals surface area contributed by atoms with E-state index in [1.54, 1.807) is 6.20 Å². The Balaban J connectivity index is 1.10. The van der Waals surface area contributed by atoms with Gasteiger partial charge in [-0.3, -0.25) is 14.9 Å². The third kappa shape index (κ3) is 4.65. The fourth-order valence-electron chi connectivity index (χ4n) is 4.65. The molecule has 0 radical (unpaired) electrons. The Morgan fingerprint density at radius 2 is 1.91 bits per heavy atom. The van der Waals surface area contributed by atoms with Crippen molar-refractivity contribution >= 4 is 6.20 Å². The minimum Gasteiger partial charge on any atom is -0.360 e.